The van der Waals surface area contributed by atoms with E-state index in [-0.39, 0.29) is 0 Å². The summed E-state index contributed by atoms with van der Waals surface area (Å²) >= 11 is 0. The number of hydrogen-bond donors (Lipinski definition) is 1. The maximum absolute atomic E-state index is 3.88. The zero-order valence-corrected chi connectivity index (χ0v) is 10.0. The van der Waals surface area contributed by atoms with Crippen molar-refractivity contribution in [1.29, 1.82) is 0 Å². The SMILES string of the molecule is C=C(C)NCC1CCC[C@](C)(CC)C1. The number of rotatable bonds is 4. The van der Waals surface area contributed by atoms with Gasteiger partial charge >= 0.3 is 0 Å². The van der Waals surface area contributed by atoms with E-state index < -0.39 is 0 Å². The van der Waals surface area contributed by atoms with Crippen molar-refractivity contribution in [3.05, 3.63) is 12.3 Å². The minimum absolute atomic E-state index is 0.611. The van der Waals surface area contributed by atoms with E-state index in [4.69, 9.17) is 0 Å². The monoisotopic (exact) mass is 195 g/mol. The standard InChI is InChI=1S/C13H25N/c1-5-13(4)8-6-7-12(9-13)10-14-11(2)3/h12,14H,2,5-10H2,1,3-4H3/t12?,13-/m0/s1. The fourth-order valence-corrected chi connectivity index (χ4v) is 2.53. The van der Waals surface area contributed by atoms with Crippen LogP contribution in [0.5, 0.6) is 0 Å². The molecule has 1 N–H and O–H groups in total. The molecule has 14 heavy (non-hydrogen) atoms. The first kappa shape index (κ1) is 11.6. The minimum Gasteiger partial charge on any atom is -0.389 e. The van der Waals surface area contributed by atoms with E-state index in [1.54, 1.807) is 0 Å². The highest BCUT2D eigenvalue weighted by Gasteiger charge is 2.30. The fraction of sp³-hybridized carbons (Fsp3) is 0.846. The van der Waals surface area contributed by atoms with Crippen LogP contribution in [0.25, 0.3) is 0 Å². The number of nitrogens with one attached hydrogen (secondary N) is 1. The summed E-state index contributed by atoms with van der Waals surface area (Å²) in [4.78, 5) is 0. The molecule has 0 aromatic carbocycles. The Hall–Kier alpha value is -0.460. The Morgan fingerprint density at radius 3 is 2.86 bits per heavy atom. The summed E-state index contributed by atoms with van der Waals surface area (Å²) in [6, 6.07) is 0. The summed E-state index contributed by atoms with van der Waals surface area (Å²) < 4.78 is 0. The van der Waals surface area contributed by atoms with Gasteiger partial charge in [-0.1, -0.05) is 33.3 Å². The lowest BCUT2D eigenvalue weighted by Crippen LogP contribution is -2.31. The maximum Gasteiger partial charge on any atom is 0.0172 e. The first-order valence-electron chi connectivity index (χ1n) is 5.95. The van der Waals surface area contributed by atoms with Crippen molar-refractivity contribution in [2.24, 2.45) is 11.3 Å². The molecule has 1 saturated carbocycles. The lowest BCUT2D eigenvalue weighted by Gasteiger charge is -2.37. The molecule has 0 amide bonds. The largest absolute Gasteiger partial charge is 0.389 e. The molecule has 1 rings (SSSR count). The second-order valence-electron chi connectivity index (χ2n) is 5.29. The van der Waals surface area contributed by atoms with E-state index in [9.17, 15) is 0 Å². The van der Waals surface area contributed by atoms with E-state index >= 15 is 0 Å². The van der Waals surface area contributed by atoms with Crippen molar-refractivity contribution in [3.63, 3.8) is 0 Å². The zero-order valence-electron chi connectivity index (χ0n) is 10.0. The van der Waals surface area contributed by atoms with Crippen molar-refractivity contribution < 1.29 is 0 Å². The first-order valence-corrected chi connectivity index (χ1v) is 5.95. The Kier molecular flexibility index (Phi) is 4.03. The van der Waals surface area contributed by atoms with Crippen LogP contribution < -0.4 is 5.32 Å². The van der Waals surface area contributed by atoms with Gasteiger partial charge in [-0.2, -0.15) is 0 Å². The van der Waals surface area contributed by atoms with E-state index in [0.29, 0.717) is 5.41 Å². The van der Waals surface area contributed by atoms with Crippen molar-refractivity contribution in [2.45, 2.75) is 52.9 Å². The molecule has 1 fully saturated rings. The Morgan fingerprint density at radius 1 is 1.57 bits per heavy atom. The predicted molar refractivity (Wildman–Crippen MR) is 63.2 cm³/mol. The van der Waals surface area contributed by atoms with Crippen LogP contribution >= 0.6 is 0 Å². The molecule has 0 saturated heterocycles. The summed E-state index contributed by atoms with van der Waals surface area (Å²) in [5.74, 6) is 0.866. The number of allylic oxidation sites excluding steroid dienone is 1. The van der Waals surface area contributed by atoms with Crippen LogP contribution in [0.2, 0.25) is 0 Å². The van der Waals surface area contributed by atoms with Gasteiger partial charge < -0.3 is 5.32 Å². The lowest BCUT2D eigenvalue weighted by molar-refractivity contribution is 0.153. The van der Waals surface area contributed by atoms with Gasteiger partial charge in [-0.05, 0) is 37.5 Å². The van der Waals surface area contributed by atoms with Crippen molar-refractivity contribution >= 4 is 0 Å². The topological polar surface area (TPSA) is 12.0 Å². The highest BCUT2D eigenvalue weighted by molar-refractivity contribution is 4.88. The Morgan fingerprint density at radius 2 is 2.29 bits per heavy atom. The molecular weight excluding hydrogens is 170 g/mol. The van der Waals surface area contributed by atoms with Gasteiger partial charge in [0.1, 0.15) is 0 Å². The molecule has 0 aromatic rings. The van der Waals surface area contributed by atoms with Crippen LogP contribution in [0.1, 0.15) is 52.9 Å². The van der Waals surface area contributed by atoms with Crippen molar-refractivity contribution in [3.8, 4) is 0 Å². The molecule has 0 radical (unpaired) electrons. The van der Waals surface area contributed by atoms with E-state index in [2.05, 4.69) is 25.7 Å². The molecule has 1 heteroatoms. The van der Waals surface area contributed by atoms with Crippen LogP contribution in [0.3, 0.4) is 0 Å². The first-order chi connectivity index (χ1) is 6.56. The fourth-order valence-electron chi connectivity index (χ4n) is 2.53. The summed E-state index contributed by atoms with van der Waals surface area (Å²) in [6.45, 7) is 11.8. The molecular formula is C13H25N. The van der Waals surface area contributed by atoms with Gasteiger partial charge in [-0.3, -0.25) is 0 Å². The normalized spacial score (nSPS) is 32.6. The van der Waals surface area contributed by atoms with Crippen molar-refractivity contribution in [2.75, 3.05) is 6.54 Å². The van der Waals surface area contributed by atoms with Crippen LogP contribution in [0.4, 0.5) is 0 Å². The van der Waals surface area contributed by atoms with Crippen LogP contribution in [0, 0.1) is 11.3 Å². The molecule has 0 aromatic heterocycles. The van der Waals surface area contributed by atoms with E-state index in [1.807, 2.05) is 6.92 Å². The Balaban J connectivity index is 2.36. The van der Waals surface area contributed by atoms with Crippen LogP contribution in [-0.4, -0.2) is 6.54 Å². The molecule has 1 unspecified atom stereocenters. The highest BCUT2D eigenvalue weighted by Crippen LogP contribution is 2.41. The summed E-state index contributed by atoms with van der Waals surface area (Å²) in [5, 5.41) is 3.38. The molecule has 0 bridgehead atoms. The van der Waals surface area contributed by atoms with Gasteiger partial charge in [-0.15, -0.1) is 0 Å². The molecule has 0 spiro atoms. The summed E-state index contributed by atoms with van der Waals surface area (Å²) in [5.41, 5.74) is 1.72. The second-order valence-corrected chi connectivity index (χ2v) is 5.29. The zero-order chi connectivity index (χ0) is 10.6. The molecule has 0 aliphatic heterocycles. The smallest absolute Gasteiger partial charge is 0.0172 e. The Bertz CT molecular complexity index is 197. The number of hydrogen-bond acceptors (Lipinski definition) is 1. The minimum atomic E-state index is 0.611. The van der Waals surface area contributed by atoms with E-state index in [1.165, 1.54) is 32.1 Å². The molecule has 82 valence electrons. The third-order valence-corrected chi connectivity index (χ3v) is 3.72. The van der Waals surface area contributed by atoms with Crippen LogP contribution in [-0.2, 0) is 0 Å². The average Bonchev–Trinajstić information content (AvgIpc) is 2.15. The lowest BCUT2D eigenvalue weighted by atomic mass is 9.69. The molecule has 2 atom stereocenters. The van der Waals surface area contributed by atoms with Crippen molar-refractivity contribution in [1.82, 2.24) is 5.32 Å². The molecule has 1 nitrogen and oxygen atoms in total. The third kappa shape index (κ3) is 3.36. The van der Waals surface area contributed by atoms with Gasteiger partial charge in [0.25, 0.3) is 0 Å². The summed E-state index contributed by atoms with van der Waals surface area (Å²) in [7, 11) is 0. The van der Waals surface area contributed by atoms with Gasteiger partial charge in [0.05, 0.1) is 0 Å². The molecule has 1 aliphatic carbocycles. The second kappa shape index (κ2) is 4.86. The molecule has 0 heterocycles. The Labute approximate surface area is 89.0 Å². The predicted octanol–water partition coefficient (Wildman–Crippen LogP) is 3.72. The van der Waals surface area contributed by atoms with Gasteiger partial charge in [-0.25, -0.2) is 0 Å². The van der Waals surface area contributed by atoms with E-state index in [0.717, 1.165) is 18.2 Å². The quantitative estimate of drug-likeness (QED) is 0.721. The van der Waals surface area contributed by atoms with Crippen LogP contribution in [0.15, 0.2) is 12.3 Å². The summed E-state index contributed by atoms with van der Waals surface area (Å²) in [6.07, 6.45) is 6.95. The van der Waals surface area contributed by atoms with Gasteiger partial charge in [0.2, 0.25) is 0 Å². The van der Waals surface area contributed by atoms with Gasteiger partial charge in [0, 0.05) is 12.2 Å². The highest BCUT2D eigenvalue weighted by atomic mass is 14.9. The average molecular weight is 195 g/mol. The third-order valence-electron chi connectivity index (χ3n) is 3.72. The maximum atomic E-state index is 3.88. The molecule has 1 aliphatic rings. The van der Waals surface area contributed by atoms with Gasteiger partial charge in [0.15, 0.2) is 0 Å².